The summed E-state index contributed by atoms with van der Waals surface area (Å²) in [6, 6.07) is 14.1. The molecule has 0 radical (unpaired) electrons. The van der Waals surface area contributed by atoms with Crippen LogP contribution in [0.1, 0.15) is 10.4 Å². The molecule has 2 aromatic carbocycles. The summed E-state index contributed by atoms with van der Waals surface area (Å²) in [7, 11) is 0. The van der Waals surface area contributed by atoms with Gasteiger partial charge >= 0.3 is 5.97 Å². The van der Waals surface area contributed by atoms with Crippen molar-refractivity contribution in [2.75, 3.05) is 19.8 Å². The summed E-state index contributed by atoms with van der Waals surface area (Å²) in [5.41, 5.74) is 0.483. The smallest absolute Gasteiger partial charge is 0.338 e. The fourth-order valence-corrected chi connectivity index (χ4v) is 1.97. The van der Waals surface area contributed by atoms with Crippen molar-refractivity contribution >= 4 is 5.97 Å². The fourth-order valence-electron chi connectivity index (χ4n) is 1.97. The first kappa shape index (κ1) is 16.1. The van der Waals surface area contributed by atoms with Gasteiger partial charge in [0, 0.05) is 0 Å². The van der Waals surface area contributed by atoms with Gasteiger partial charge in [-0.2, -0.15) is 0 Å². The average Bonchev–Trinajstić information content (AvgIpc) is 3.44. The highest BCUT2D eigenvalue weighted by Gasteiger charge is 2.24. The van der Waals surface area contributed by atoms with Crippen LogP contribution in [0.25, 0.3) is 0 Å². The lowest BCUT2D eigenvalue weighted by molar-refractivity contribution is 0.0476. The third kappa shape index (κ3) is 4.60. The Morgan fingerprint density at radius 3 is 2.25 bits per heavy atom. The molecule has 24 heavy (non-hydrogen) atoms. The molecule has 1 fully saturated rings. The van der Waals surface area contributed by atoms with E-state index in [-0.39, 0.29) is 12.1 Å². The molecule has 0 spiro atoms. The van der Waals surface area contributed by atoms with E-state index in [1.54, 1.807) is 30.3 Å². The Hall–Kier alpha value is -2.79. The summed E-state index contributed by atoms with van der Waals surface area (Å²) in [5.74, 6) is 1.71. The zero-order valence-corrected chi connectivity index (χ0v) is 13.1. The molecule has 2 aromatic rings. The van der Waals surface area contributed by atoms with Gasteiger partial charge in [-0.1, -0.05) is 12.7 Å². The van der Waals surface area contributed by atoms with Crippen LogP contribution in [0.3, 0.4) is 0 Å². The van der Waals surface area contributed by atoms with Crippen LogP contribution in [0.5, 0.6) is 17.2 Å². The number of rotatable bonds is 8. The molecular formula is C19H18O5. The van der Waals surface area contributed by atoms with Crippen molar-refractivity contribution in [3.8, 4) is 17.2 Å². The van der Waals surface area contributed by atoms with Crippen molar-refractivity contribution < 1.29 is 23.7 Å². The van der Waals surface area contributed by atoms with Crippen LogP contribution in [0, 0.1) is 0 Å². The van der Waals surface area contributed by atoms with Crippen LogP contribution < -0.4 is 9.47 Å². The van der Waals surface area contributed by atoms with E-state index in [1.165, 1.54) is 0 Å². The van der Waals surface area contributed by atoms with E-state index in [0.29, 0.717) is 36.9 Å². The van der Waals surface area contributed by atoms with Gasteiger partial charge in [0.15, 0.2) is 0 Å². The quantitative estimate of drug-likeness (QED) is 0.421. The van der Waals surface area contributed by atoms with E-state index >= 15 is 0 Å². The Labute approximate surface area is 140 Å². The van der Waals surface area contributed by atoms with Gasteiger partial charge < -0.3 is 18.9 Å². The molecule has 0 aliphatic carbocycles. The summed E-state index contributed by atoms with van der Waals surface area (Å²) in [6.45, 7) is 5.03. The van der Waals surface area contributed by atoms with Gasteiger partial charge in [0.1, 0.15) is 36.6 Å². The second-order valence-electron chi connectivity index (χ2n) is 5.25. The minimum Gasteiger partial charge on any atom is -0.490 e. The first-order valence-electron chi connectivity index (χ1n) is 7.65. The van der Waals surface area contributed by atoms with Gasteiger partial charge in [-0.15, -0.1) is 0 Å². The Kier molecular flexibility index (Phi) is 5.13. The molecule has 1 aliphatic heterocycles. The van der Waals surface area contributed by atoms with Crippen molar-refractivity contribution in [1.82, 2.24) is 0 Å². The molecule has 5 heteroatoms. The van der Waals surface area contributed by atoms with Crippen LogP contribution in [-0.2, 0) is 9.47 Å². The molecule has 124 valence electrons. The number of carbonyl (C=O) groups is 1. The molecule has 1 saturated heterocycles. The number of epoxide rings is 1. The maximum Gasteiger partial charge on any atom is 0.338 e. The van der Waals surface area contributed by atoms with Crippen LogP contribution in [-0.4, -0.2) is 31.9 Å². The number of ether oxygens (including phenoxy) is 4. The lowest BCUT2D eigenvalue weighted by Crippen LogP contribution is -2.09. The Bertz CT molecular complexity index is 687. The molecule has 1 heterocycles. The first-order valence-corrected chi connectivity index (χ1v) is 7.65. The number of hydrogen-bond acceptors (Lipinski definition) is 5. The summed E-state index contributed by atoms with van der Waals surface area (Å²) in [6.07, 6.45) is 1.75. The molecule has 5 nitrogen and oxygen atoms in total. The summed E-state index contributed by atoms with van der Waals surface area (Å²) in [5, 5.41) is 0. The molecule has 1 atom stereocenters. The zero-order chi connectivity index (χ0) is 16.8. The monoisotopic (exact) mass is 326 g/mol. The fraction of sp³-hybridized carbons (Fsp3) is 0.211. The maximum absolute atomic E-state index is 11.8. The number of esters is 1. The molecule has 0 aromatic heterocycles. The molecule has 0 saturated carbocycles. The van der Waals surface area contributed by atoms with Gasteiger partial charge in [-0.05, 0) is 48.5 Å². The Balaban J connectivity index is 1.54. The molecule has 1 unspecified atom stereocenters. The van der Waals surface area contributed by atoms with E-state index in [9.17, 15) is 4.79 Å². The number of hydrogen-bond donors (Lipinski definition) is 0. The molecular weight excluding hydrogens is 308 g/mol. The highest BCUT2D eigenvalue weighted by molar-refractivity contribution is 5.89. The average molecular weight is 326 g/mol. The Morgan fingerprint density at radius 2 is 1.67 bits per heavy atom. The van der Waals surface area contributed by atoms with Crippen molar-refractivity contribution in [3.63, 3.8) is 0 Å². The Morgan fingerprint density at radius 1 is 1.08 bits per heavy atom. The first-order chi connectivity index (χ1) is 11.7. The molecule has 0 bridgehead atoms. The van der Waals surface area contributed by atoms with Crippen molar-refractivity contribution in [3.05, 3.63) is 66.7 Å². The van der Waals surface area contributed by atoms with Gasteiger partial charge in [0.2, 0.25) is 0 Å². The predicted octanol–water partition coefficient (Wildman–Crippen LogP) is 3.60. The van der Waals surface area contributed by atoms with E-state index in [4.69, 9.17) is 18.9 Å². The van der Waals surface area contributed by atoms with Gasteiger partial charge in [-0.3, -0.25) is 0 Å². The summed E-state index contributed by atoms with van der Waals surface area (Å²) in [4.78, 5) is 11.8. The standard InChI is InChI=1S/C19H18O5/c1-2-11-21-15-7-9-17(10-8-15)24-16-5-3-14(4-6-16)19(20)23-13-18-12-22-18/h2-10,18H,1,11-13H2. The normalized spacial score (nSPS) is 15.4. The second-order valence-corrected chi connectivity index (χ2v) is 5.25. The van der Waals surface area contributed by atoms with E-state index < -0.39 is 0 Å². The lowest BCUT2D eigenvalue weighted by Gasteiger charge is -2.08. The molecule has 0 N–H and O–H groups in total. The highest BCUT2D eigenvalue weighted by atomic mass is 16.6. The van der Waals surface area contributed by atoms with E-state index in [1.807, 2.05) is 24.3 Å². The minimum atomic E-state index is -0.360. The third-order valence-corrected chi connectivity index (χ3v) is 3.32. The minimum absolute atomic E-state index is 0.0648. The molecule has 1 aliphatic rings. The zero-order valence-electron chi connectivity index (χ0n) is 13.1. The second kappa shape index (κ2) is 7.66. The SMILES string of the molecule is C=CCOc1ccc(Oc2ccc(C(=O)OCC3CO3)cc2)cc1. The van der Waals surface area contributed by atoms with Crippen LogP contribution >= 0.6 is 0 Å². The van der Waals surface area contributed by atoms with E-state index in [2.05, 4.69) is 6.58 Å². The largest absolute Gasteiger partial charge is 0.490 e. The summed E-state index contributed by atoms with van der Waals surface area (Å²) >= 11 is 0. The lowest BCUT2D eigenvalue weighted by atomic mass is 10.2. The van der Waals surface area contributed by atoms with Gasteiger partial charge in [-0.25, -0.2) is 4.79 Å². The van der Waals surface area contributed by atoms with Crippen LogP contribution in [0.4, 0.5) is 0 Å². The van der Waals surface area contributed by atoms with Crippen molar-refractivity contribution in [1.29, 1.82) is 0 Å². The number of carbonyl (C=O) groups excluding carboxylic acids is 1. The van der Waals surface area contributed by atoms with Crippen molar-refractivity contribution in [2.45, 2.75) is 6.10 Å². The molecule has 3 rings (SSSR count). The predicted molar refractivity (Wildman–Crippen MR) is 88.7 cm³/mol. The van der Waals surface area contributed by atoms with Gasteiger partial charge in [0.25, 0.3) is 0 Å². The maximum atomic E-state index is 11.8. The third-order valence-electron chi connectivity index (χ3n) is 3.32. The molecule has 0 amide bonds. The van der Waals surface area contributed by atoms with Gasteiger partial charge in [0.05, 0.1) is 12.2 Å². The topological polar surface area (TPSA) is 57.3 Å². The summed E-state index contributed by atoms with van der Waals surface area (Å²) < 4.78 is 21.3. The van der Waals surface area contributed by atoms with Crippen LogP contribution in [0.2, 0.25) is 0 Å². The highest BCUT2D eigenvalue weighted by Crippen LogP contribution is 2.24. The van der Waals surface area contributed by atoms with E-state index in [0.717, 1.165) is 5.75 Å². The van der Waals surface area contributed by atoms with Crippen molar-refractivity contribution in [2.24, 2.45) is 0 Å². The number of benzene rings is 2. The van der Waals surface area contributed by atoms with Crippen LogP contribution in [0.15, 0.2) is 61.2 Å².